The maximum atomic E-state index is 11.4. The predicted molar refractivity (Wildman–Crippen MR) is 77.1 cm³/mol. The molecule has 0 aliphatic heterocycles. The van der Waals surface area contributed by atoms with Gasteiger partial charge in [0, 0.05) is 35.8 Å². The van der Waals surface area contributed by atoms with Crippen LogP contribution in [0.4, 0.5) is 11.4 Å². The summed E-state index contributed by atoms with van der Waals surface area (Å²) in [7, 11) is 2.04. The Kier molecular flexibility index (Phi) is 4.87. The van der Waals surface area contributed by atoms with E-state index >= 15 is 0 Å². The lowest BCUT2D eigenvalue weighted by Gasteiger charge is -2.27. The van der Waals surface area contributed by atoms with Crippen LogP contribution in [0.2, 0.25) is 0 Å². The van der Waals surface area contributed by atoms with Crippen LogP contribution in [0.5, 0.6) is 0 Å². The van der Waals surface area contributed by atoms with Crippen molar-refractivity contribution in [3.05, 3.63) is 23.8 Å². The third-order valence-electron chi connectivity index (χ3n) is 2.89. The number of anilines is 2. The molecule has 0 fully saturated rings. The summed E-state index contributed by atoms with van der Waals surface area (Å²) in [5, 5.41) is 0. The van der Waals surface area contributed by atoms with Crippen LogP contribution in [0.3, 0.4) is 0 Å². The molecule has 2 N–H and O–H groups in total. The van der Waals surface area contributed by atoms with Gasteiger partial charge in [0.1, 0.15) is 0 Å². The zero-order valence-electron chi connectivity index (χ0n) is 10.9. The van der Waals surface area contributed by atoms with Crippen molar-refractivity contribution in [2.45, 2.75) is 19.9 Å². The molecule has 0 saturated carbocycles. The average molecular weight is 252 g/mol. The van der Waals surface area contributed by atoms with Crippen LogP contribution in [0, 0.1) is 0 Å². The normalized spacial score (nSPS) is 12.2. The van der Waals surface area contributed by atoms with E-state index in [0.717, 1.165) is 11.4 Å². The van der Waals surface area contributed by atoms with Gasteiger partial charge in [-0.15, -0.1) is 0 Å². The number of thioether (sulfide) groups is 1. The second kappa shape index (κ2) is 5.96. The number of hydrogen-bond donors (Lipinski definition) is 1. The van der Waals surface area contributed by atoms with Gasteiger partial charge >= 0.3 is 0 Å². The number of benzene rings is 1. The molecule has 4 heteroatoms. The lowest BCUT2D eigenvalue weighted by atomic mass is 10.1. The number of ketones is 1. The van der Waals surface area contributed by atoms with Gasteiger partial charge in [-0.1, -0.05) is 0 Å². The van der Waals surface area contributed by atoms with E-state index in [0.29, 0.717) is 17.3 Å². The molecule has 0 spiro atoms. The van der Waals surface area contributed by atoms with E-state index in [1.807, 2.05) is 30.9 Å². The summed E-state index contributed by atoms with van der Waals surface area (Å²) in [6.07, 6.45) is 2.09. The van der Waals surface area contributed by atoms with E-state index in [4.69, 9.17) is 5.73 Å². The SMILES string of the molecule is CSCC(C)N(C)c1ccc(N)c(C(C)=O)c1. The largest absolute Gasteiger partial charge is 0.398 e. The molecule has 1 aromatic carbocycles. The van der Waals surface area contributed by atoms with Gasteiger partial charge < -0.3 is 10.6 Å². The molecule has 1 aromatic rings. The smallest absolute Gasteiger partial charge is 0.161 e. The lowest BCUT2D eigenvalue weighted by molar-refractivity contribution is 0.101. The second-order valence-corrected chi connectivity index (χ2v) is 5.15. The number of nitrogens with zero attached hydrogens (tertiary/aromatic N) is 1. The quantitative estimate of drug-likeness (QED) is 0.646. The second-order valence-electron chi connectivity index (χ2n) is 4.24. The Morgan fingerprint density at radius 2 is 2.18 bits per heavy atom. The molecule has 0 amide bonds. The Bertz CT molecular complexity index is 406. The van der Waals surface area contributed by atoms with E-state index in [2.05, 4.69) is 18.1 Å². The predicted octanol–water partition coefficient (Wildman–Crippen LogP) is 2.66. The van der Waals surface area contributed by atoms with Crippen molar-refractivity contribution in [1.29, 1.82) is 0 Å². The average Bonchev–Trinajstić information content (AvgIpc) is 2.28. The topological polar surface area (TPSA) is 46.3 Å². The van der Waals surface area contributed by atoms with Crippen LogP contribution in [0.25, 0.3) is 0 Å². The van der Waals surface area contributed by atoms with Crippen LogP contribution in [-0.2, 0) is 0 Å². The molecule has 94 valence electrons. The Balaban J connectivity index is 2.99. The zero-order valence-corrected chi connectivity index (χ0v) is 11.7. The van der Waals surface area contributed by atoms with Crippen molar-refractivity contribution in [2.24, 2.45) is 0 Å². The summed E-state index contributed by atoms with van der Waals surface area (Å²) < 4.78 is 0. The molecule has 0 aliphatic rings. The van der Waals surface area contributed by atoms with E-state index in [9.17, 15) is 4.79 Å². The number of carbonyl (C=O) groups excluding carboxylic acids is 1. The third-order valence-corrected chi connectivity index (χ3v) is 3.71. The number of Topliss-reactive ketones (excluding diaryl/α,β-unsaturated/α-hetero) is 1. The first kappa shape index (κ1) is 13.9. The monoisotopic (exact) mass is 252 g/mol. The summed E-state index contributed by atoms with van der Waals surface area (Å²) >= 11 is 1.81. The van der Waals surface area contributed by atoms with Gasteiger partial charge in [0.2, 0.25) is 0 Å². The highest BCUT2D eigenvalue weighted by Crippen LogP contribution is 2.23. The molecule has 0 heterocycles. The highest BCUT2D eigenvalue weighted by Gasteiger charge is 2.12. The minimum absolute atomic E-state index is 0.00951. The third kappa shape index (κ3) is 3.40. The number of nitrogens with two attached hydrogens (primary N) is 1. The molecule has 0 aliphatic carbocycles. The van der Waals surface area contributed by atoms with Gasteiger partial charge in [-0.3, -0.25) is 4.79 Å². The summed E-state index contributed by atoms with van der Waals surface area (Å²) in [6.45, 7) is 3.71. The first-order chi connectivity index (χ1) is 7.97. The maximum Gasteiger partial charge on any atom is 0.161 e. The highest BCUT2D eigenvalue weighted by molar-refractivity contribution is 7.98. The molecule has 1 rings (SSSR count). The Hall–Kier alpha value is -1.16. The van der Waals surface area contributed by atoms with Crippen molar-refractivity contribution >= 4 is 28.9 Å². The molecular formula is C13H20N2OS. The Labute approximate surface area is 107 Å². The summed E-state index contributed by atoms with van der Waals surface area (Å²) in [5.74, 6) is 1.06. The summed E-state index contributed by atoms with van der Waals surface area (Å²) in [6, 6.07) is 6.05. The number of rotatable bonds is 5. The number of hydrogen-bond acceptors (Lipinski definition) is 4. The van der Waals surface area contributed by atoms with Crippen LogP contribution in [-0.4, -0.2) is 30.9 Å². The fourth-order valence-corrected chi connectivity index (χ4v) is 2.38. The van der Waals surface area contributed by atoms with E-state index in [1.54, 1.807) is 13.0 Å². The first-order valence-electron chi connectivity index (χ1n) is 5.59. The molecule has 0 saturated heterocycles. The minimum Gasteiger partial charge on any atom is -0.398 e. The van der Waals surface area contributed by atoms with E-state index < -0.39 is 0 Å². The Morgan fingerprint density at radius 1 is 1.53 bits per heavy atom. The van der Waals surface area contributed by atoms with Gasteiger partial charge in [-0.2, -0.15) is 11.8 Å². The van der Waals surface area contributed by atoms with Gasteiger partial charge in [0.25, 0.3) is 0 Å². The first-order valence-corrected chi connectivity index (χ1v) is 6.99. The van der Waals surface area contributed by atoms with Crippen LogP contribution >= 0.6 is 11.8 Å². The molecule has 1 atom stereocenters. The van der Waals surface area contributed by atoms with Gasteiger partial charge in [-0.25, -0.2) is 0 Å². The van der Waals surface area contributed by atoms with Gasteiger partial charge in [-0.05, 0) is 38.3 Å². The minimum atomic E-state index is 0.00951. The maximum absolute atomic E-state index is 11.4. The molecular weight excluding hydrogens is 232 g/mol. The standard InChI is InChI=1S/C13H20N2OS/c1-9(8-17-4)15(3)11-5-6-13(14)12(7-11)10(2)16/h5-7,9H,8,14H2,1-4H3. The van der Waals surface area contributed by atoms with E-state index in [1.165, 1.54) is 0 Å². The van der Waals surface area contributed by atoms with Gasteiger partial charge in [0.15, 0.2) is 5.78 Å². The Morgan fingerprint density at radius 3 is 2.71 bits per heavy atom. The molecule has 1 unspecified atom stereocenters. The fraction of sp³-hybridized carbons (Fsp3) is 0.462. The van der Waals surface area contributed by atoms with Crippen LogP contribution in [0.1, 0.15) is 24.2 Å². The molecule has 0 aromatic heterocycles. The molecule has 0 radical (unpaired) electrons. The fourth-order valence-electron chi connectivity index (χ4n) is 1.68. The lowest BCUT2D eigenvalue weighted by Crippen LogP contribution is -2.30. The van der Waals surface area contributed by atoms with Crippen molar-refractivity contribution < 1.29 is 4.79 Å². The number of nitrogen functional groups attached to an aromatic ring is 1. The molecule has 0 bridgehead atoms. The van der Waals surface area contributed by atoms with Crippen molar-refractivity contribution in [1.82, 2.24) is 0 Å². The molecule has 17 heavy (non-hydrogen) atoms. The highest BCUT2D eigenvalue weighted by atomic mass is 32.2. The summed E-state index contributed by atoms with van der Waals surface area (Å²) in [5.41, 5.74) is 7.97. The van der Waals surface area contributed by atoms with Crippen molar-refractivity contribution in [3.63, 3.8) is 0 Å². The van der Waals surface area contributed by atoms with Crippen molar-refractivity contribution in [3.8, 4) is 0 Å². The van der Waals surface area contributed by atoms with Crippen molar-refractivity contribution in [2.75, 3.05) is 29.7 Å². The summed E-state index contributed by atoms with van der Waals surface area (Å²) in [4.78, 5) is 13.6. The van der Waals surface area contributed by atoms with Gasteiger partial charge in [0.05, 0.1) is 0 Å². The van der Waals surface area contributed by atoms with Crippen LogP contribution in [0.15, 0.2) is 18.2 Å². The zero-order chi connectivity index (χ0) is 13.0. The van der Waals surface area contributed by atoms with E-state index in [-0.39, 0.29) is 5.78 Å². The number of carbonyl (C=O) groups is 1. The molecule has 3 nitrogen and oxygen atoms in total. The van der Waals surface area contributed by atoms with Crippen LogP contribution < -0.4 is 10.6 Å².